The first kappa shape index (κ1) is 15.3. The van der Waals surface area contributed by atoms with Gasteiger partial charge in [-0.05, 0) is 42.9 Å². The zero-order valence-electron chi connectivity index (χ0n) is 12.6. The highest BCUT2D eigenvalue weighted by Crippen LogP contribution is 2.44. The number of carboxylic acids is 1. The van der Waals surface area contributed by atoms with Crippen LogP contribution < -0.4 is 11.1 Å². The van der Waals surface area contributed by atoms with Gasteiger partial charge in [0.2, 0.25) is 5.91 Å². The van der Waals surface area contributed by atoms with E-state index in [9.17, 15) is 14.7 Å². The molecule has 0 aromatic heterocycles. The number of nitrogens with two attached hydrogens (primary N) is 1. The van der Waals surface area contributed by atoms with Gasteiger partial charge in [-0.15, -0.1) is 0 Å². The predicted octanol–water partition coefficient (Wildman–Crippen LogP) is 1.37. The molecule has 0 saturated heterocycles. The molecule has 114 valence electrons. The molecular formula is C15H26N2O3. The molecule has 4 N–H and O–H groups in total. The minimum absolute atomic E-state index is 0.114. The number of carbonyl (C=O) groups is 2. The molecule has 2 aliphatic carbocycles. The molecule has 2 saturated carbocycles. The molecular weight excluding hydrogens is 256 g/mol. The fourth-order valence-electron chi connectivity index (χ4n) is 3.38. The van der Waals surface area contributed by atoms with Crippen LogP contribution in [0.1, 0.15) is 46.5 Å². The SMILES string of the molecule is CC1C(N)CCC(C(=O)NC(C(=O)O)C2CC2)C1(C)C. The average Bonchev–Trinajstić information content (AvgIpc) is 3.16. The van der Waals surface area contributed by atoms with Gasteiger partial charge >= 0.3 is 5.97 Å². The molecule has 0 aromatic carbocycles. The lowest BCUT2D eigenvalue weighted by Crippen LogP contribution is -2.54. The summed E-state index contributed by atoms with van der Waals surface area (Å²) in [6.45, 7) is 6.21. The first-order chi connectivity index (χ1) is 9.25. The summed E-state index contributed by atoms with van der Waals surface area (Å²) >= 11 is 0. The average molecular weight is 282 g/mol. The fraction of sp³-hybridized carbons (Fsp3) is 0.867. The summed E-state index contributed by atoms with van der Waals surface area (Å²) in [6.07, 6.45) is 3.35. The molecule has 0 bridgehead atoms. The van der Waals surface area contributed by atoms with Crippen LogP contribution in [0.2, 0.25) is 0 Å². The number of hydrogen-bond acceptors (Lipinski definition) is 3. The summed E-state index contributed by atoms with van der Waals surface area (Å²) in [5.74, 6) is -0.829. The Kier molecular flexibility index (Phi) is 4.09. The third-order valence-corrected chi connectivity index (χ3v) is 5.48. The Labute approximate surface area is 120 Å². The van der Waals surface area contributed by atoms with Crippen molar-refractivity contribution in [1.82, 2.24) is 5.32 Å². The van der Waals surface area contributed by atoms with E-state index in [1.165, 1.54) is 0 Å². The van der Waals surface area contributed by atoms with Gasteiger partial charge in [0.05, 0.1) is 0 Å². The van der Waals surface area contributed by atoms with E-state index in [-0.39, 0.29) is 35.1 Å². The molecule has 0 aliphatic heterocycles. The van der Waals surface area contributed by atoms with Crippen LogP contribution >= 0.6 is 0 Å². The Balaban J connectivity index is 2.06. The molecule has 20 heavy (non-hydrogen) atoms. The Bertz CT molecular complexity index is 404. The number of aliphatic carboxylic acids is 1. The van der Waals surface area contributed by atoms with Gasteiger partial charge in [0.25, 0.3) is 0 Å². The van der Waals surface area contributed by atoms with Crippen molar-refractivity contribution >= 4 is 11.9 Å². The number of carboxylic acid groups (broad SMARTS) is 1. The van der Waals surface area contributed by atoms with E-state index in [2.05, 4.69) is 26.1 Å². The minimum Gasteiger partial charge on any atom is -0.480 e. The number of rotatable bonds is 4. The van der Waals surface area contributed by atoms with E-state index >= 15 is 0 Å². The molecule has 4 unspecified atom stereocenters. The van der Waals surface area contributed by atoms with Crippen molar-refractivity contribution in [3.63, 3.8) is 0 Å². The number of nitrogens with one attached hydrogen (secondary N) is 1. The van der Waals surface area contributed by atoms with Crippen LogP contribution in [-0.2, 0) is 9.59 Å². The maximum atomic E-state index is 12.5. The predicted molar refractivity (Wildman–Crippen MR) is 75.9 cm³/mol. The van der Waals surface area contributed by atoms with Gasteiger partial charge in [0.15, 0.2) is 0 Å². The van der Waals surface area contributed by atoms with Crippen molar-refractivity contribution in [3.8, 4) is 0 Å². The quantitative estimate of drug-likeness (QED) is 0.726. The second kappa shape index (κ2) is 5.35. The van der Waals surface area contributed by atoms with E-state index < -0.39 is 12.0 Å². The van der Waals surface area contributed by atoms with Gasteiger partial charge in [0, 0.05) is 12.0 Å². The number of hydrogen-bond donors (Lipinski definition) is 3. The summed E-state index contributed by atoms with van der Waals surface area (Å²) in [5.41, 5.74) is 5.90. The summed E-state index contributed by atoms with van der Waals surface area (Å²) < 4.78 is 0. The lowest BCUT2D eigenvalue weighted by Gasteiger charge is -2.46. The molecule has 0 heterocycles. The van der Waals surface area contributed by atoms with Gasteiger partial charge in [-0.25, -0.2) is 4.79 Å². The van der Waals surface area contributed by atoms with Crippen molar-refractivity contribution in [1.29, 1.82) is 0 Å². The van der Waals surface area contributed by atoms with Gasteiger partial charge in [0.1, 0.15) is 6.04 Å². The summed E-state index contributed by atoms with van der Waals surface area (Å²) in [7, 11) is 0. The maximum Gasteiger partial charge on any atom is 0.326 e. The largest absolute Gasteiger partial charge is 0.480 e. The van der Waals surface area contributed by atoms with Crippen LogP contribution in [0.15, 0.2) is 0 Å². The molecule has 0 aromatic rings. The van der Waals surface area contributed by atoms with E-state index in [0.29, 0.717) is 0 Å². The molecule has 0 spiro atoms. The van der Waals surface area contributed by atoms with Crippen molar-refractivity contribution < 1.29 is 14.7 Å². The van der Waals surface area contributed by atoms with Crippen LogP contribution in [0.4, 0.5) is 0 Å². The molecule has 4 atom stereocenters. The van der Waals surface area contributed by atoms with Gasteiger partial charge in [-0.1, -0.05) is 20.8 Å². The fourth-order valence-corrected chi connectivity index (χ4v) is 3.38. The normalized spacial score (nSPS) is 34.3. The summed E-state index contributed by atoms with van der Waals surface area (Å²) in [5, 5.41) is 12.0. The number of amides is 1. The Morgan fingerprint density at radius 1 is 1.25 bits per heavy atom. The smallest absolute Gasteiger partial charge is 0.326 e. The second-order valence-corrected chi connectivity index (χ2v) is 7.07. The third kappa shape index (κ3) is 2.82. The highest BCUT2D eigenvalue weighted by molar-refractivity contribution is 5.86. The summed E-state index contributed by atoms with van der Waals surface area (Å²) in [4.78, 5) is 23.7. The van der Waals surface area contributed by atoms with Crippen molar-refractivity contribution in [2.75, 3.05) is 0 Å². The minimum atomic E-state index is -0.917. The Morgan fingerprint density at radius 2 is 1.85 bits per heavy atom. The van der Waals surface area contributed by atoms with Gasteiger partial charge in [-0.3, -0.25) is 4.79 Å². The Morgan fingerprint density at radius 3 is 2.35 bits per heavy atom. The third-order valence-electron chi connectivity index (χ3n) is 5.48. The molecule has 2 fully saturated rings. The highest BCUT2D eigenvalue weighted by atomic mass is 16.4. The molecule has 2 aliphatic rings. The molecule has 5 heteroatoms. The van der Waals surface area contributed by atoms with Gasteiger partial charge in [-0.2, -0.15) is 0 Å². The Hall–Kier alpha value is -1.10. The van der Waals surface area contributed by atoms with E-state index in [0.717, 1.165) is 25.7 Å². The first-order valence-electron chi connectivity index (χ1n) is 7.54. The zero-order chi connectivity index (χ0) is 15.1. The first-order valence-corrected chi connectivity index (χ1v) is 7.54. The van der Waals surface area contributed by atoms with Crippen molar-refractivity contribution in [2.45, 2.75) is 58.5 Å². The van der Waals surface area contributed by atoms with E-state index in [1.807, 2.05) is 0 Å². The van der Waals surface area contributed by atoms with Crippen molar-refractivity contribution in [3.05, 3.63) is 0 Å². The topological polar surface area (TPSA) is 92.4 Å². The van der Waals surface area contributed by atoms with Crippen LogP contribution in [0.25, 0.3) is 0 Å². The van der Waals surface area contributed by atoms with Crippen molar-refractivity contribution in [2.24, 2.45) is 28.9 Å². The van der Waals surface area contributed by atoms with E-state index in [4.69, 9.17) is 5.73 Å². The second-order valence-electron chi connectivity index (χ2n) is 7.07. The van der Waals surface area contributed by atoms with Gasteiger partial charge < -0.3 is 16.2 Å². The highest BCUT2D eigenvalue weighted by Gasteiger charge is 2.46. The van der Waals surface area contributed by atoms with Crippen LogP contribution in [0.5, 0.6) is 0 Å². The maximum absolute atomic E-state index is 12.5. The van der Waals surface area contributed by atoms with Crippen LogP contribution in [-0.4, -0.2) is 29.1 Å². The number of carbonyl (C=O) groups excluding carboxylic acids is 1. The monoisotopic (exact) mass is 282 g/mol. The summed E-state index contributed by atoms with van der Waals surface area (Å²) in [6, 6.07) is -0.600. The lowest BCUT2D eigenvalue weighted by atomic mass is 9.61. The van der Waals surface area contributed by atoms with E-state index in [1.54, 1.807) is 0 Å². The molecule has 5 nitrogen and oxygen atoms in total. The molecule has 2 rings (SSSR count). The molecule has 1 amide bonds. The standard InChI is InChI=1S/C15H26N2O3/c1-8-11(16)7-6-10(15(8,2)3)13(18)17-12(14(19)20)9-4-5-9/h8-12H,4-7,16H2,1-3H3,(H,17,18)(H,19,20). The molecule has 0 radical (unpaired) electrons. The van der Waals surface area contributed by atoms with Crippen LogP contribution in [0, 0.1) is 23.2 Å². The lowest BCUT2D eigenvalue weighted by molar-refractivity contribution is -0.145. The zero-order valence-corrected chi connectivity index (χ0v) is 12.6. The van der Waals surface area contributed by atoms with Crippen LogP contribution in [0.3, 0.4) is 0 Å².